The number of thiazole rings is 1. The summed E-state index contributed by atoms with van der Waals surface area (Å²) in [5.41, 5.74) is 2.88. The summed E-state index contributed by atoms with van der Waals surface area (Å²) < 4.78 is 7.04. The zero-order valence-corrected chi connectivity index (χ0v) is 14.2. The summed E-state index contributed by atoms with van der Waals surface area (Å²) in [6.07, 6.45) is 0. The molecule has 1 N–H and O–H groups in total. The molecule has 3 rings (SSSR count). The van der Waals surface area contributed by atoms with Crippen LogP contribution in [-0.4, -0.2) is 51.9 Å². The lowest BCUT2D eigenvalue weighted by molar-refractivity contribution is -0.116. The Bertz CT molecular complexity index is 675. The van der Waals surface area contributed by atoms with Crippen LogP contribution in [0.3, 0.4) is 0 Å². The minimum atomic E-state index is -0.108. The molecule has 1 aliphatic heterocycles. The van der Waals surface area contributed by atoms with Crippen LogP contribution >= 0.6 is 11.3 Å². The SMILES string of the molecule is Cc1cc(C)n(CC(=O)Nc2nc(CN3CCOCC3)cs2)n1. The van der Waals surface area contributed by atoms with Crippen LogP contribution in [0.4, 0.5) is 5.13 Å². The highest BCUT2D eigenvalue weighted by molar-refractivity contribution is 7.13. The molecule has 1 aliphatic rings. The monoisotopic (exact) mass is 335 g/mol. The van der Waals surface area contributed by atoms with Crippen molar-refractivity contribution >= 4 is 22.4 Å². The Morgan fingerprint density at radius 3 is 2.87 bits per heavy atom. The number of rotatable bonds is 5. The average molecular weight is 335 g/mol. The number of aromatic nitrogens is 3. The largest absolute Gasteiger partial charge is 0.379 e. The topological polar surface area (TPSA) is 72.3 Å². The Labute approximate surface area is 139 Å². The summed E-state index contributed by atoms with van der Waals surface area (Å²) in [6.45, 7) is 8.27. The fourth-order valence-electron chi connectivity index (χ4n) is 2.56. The molecule has 7 nitrogen and oxygen atoms in total. The Morgan fingerprint density at radius 1 is 1.39 bits per heavy atom. The van der Waals surface area contributed by atoms with Gasteiger partial charge in [0.25, 0.3) is 0 Å². The number of carbonyl (C=O) groups excluding carboxylic acids is 1. The molecule has 0 bridgehead atoms. The van der Waals surface area contributed by atoms with E-state index in [9.17, 15) is 4.79 Å². The average Bonchev–Trinajstić information content (AvgIpc) is 3.06. The standard InChI is InChI=1S/C15H21N5O2S/c1-11-7-12(2)20(18-11)9-14(21)17-15-16-13(10-23-15)8-19-3-5-22-6-4-19/h7,10H,3-6,8-9H2,1-2H3,(H,16,17,21). The number of carbonyl (C=O) groups is 1. The fourth-order valence-corrected chi connectivity index (χ4v) is 3.27. The first-order chi connectivity index (χ1) is 11.1. The minimum absolute atomic E-state index is 0.108. The second kappa shape index (κ2) is 7.20. The van der Waals surface area contributed by atoms with Gasteiger partial charge >= 0.3 is 0 Å². The van der Waals surface area contributed by atoms with Gasteiger partial charge in [-0.2, -0.15) is 5.10 Å². The van der Waals surface area contributed by atoms with Gasteiger partial charge in [-0.1, -0.05) is 0 Å². The molecule has 2 aromatic rings. The van der Waals surface area contributed by atoms with Crippen LogP contribution in [0, 0.1) is 13.8 Å². The maximum Gasteiger partial charge on any atom is 0.247 e. The smallest absolute Gasteiger partial charge is 0.247 e. The van der Waals surface area contributed by atoms with Crippen molar-refractivity contribution in [1.29, 1.82) is 0 Å². The van der Waals surface area contributed by atoms with E-state index in [1.165, 1.54) is 11.3 Å². The maximum atomic E-state index is 12.1. The third-order valence-electron chi connectivity index (χ3n) is 3.68. The lowest BCUT2D eigenvalue weighted by atomic mass is 10.4. The van der Waals surface area contributed by atoms with Gasteiger partial charge in [0.15, 0.2) is 5.13 Å². The summed E-state index contributed by atoms with van der Waals surface area (Å²) >= 11 is 1.46. The van der Waals surface area contributed by atoms with Gasteiger partial charge in [0.05, 0.1) is 24.6 Å². The van der Waals surface area contributed by atoms with Crippen molar-refractivity contribution in [3.05, 3.63) is 28.5 Å². The van der Waals surface area contributed by atoms with Crippen LogP contribution in [0.5, 0.6) is 0 Å². The van der Waals surface area contributed by atoms with Crippen LogP contribution in [-0.2, 0) is 22.6 Å². The summed E-state index contributed by atoms with van der Waals surface area (Å²) in [4.78, 5) is 18.9. The van der Waals surface area contributed by atoms with Crippen LogP contribution in [0.1, 0.15) is 17.1 Å². The number of amides is 1. The first-order valence-electron chi connectivity index (χ1n) is 7.65. The Morgan fingerprint density at radius 2 is 2.17 bits per heavy atom. The molecule has 23 heavy (non-hydrogen) atoms. The number of morpholine rings is 1. The van der Waals surface area contributed by atoms with Crippen molar-refractivity contribution in [2.75, 3.05) is 31.6 Å². The number of ether oxygens (including phenoxy) is 1. The van der Waals surface area contributed by atoms with E-state index in [1.807, 2.05) is 25.3 Å². The molecule has 8 heteroatoms. The molecule has 1 amide bonds. The van der Waals surface area contributed by atoms with E-state index in [-0.39, 0.29) is 12.5 Å². The van der Waals surface area contributed by atoms with E-state index in [0.717, 1.165) is 49.9 Å². The zero-order chi connectivity index (χ0) is 16.2. The predicted octanol–water partition coefficient (Wildman–Crippen LogP) is 1.43. The normalized spacial score (nSPS) is 15.7. The second-order valence-corrected chi connectivity index (χ2v) is 6.52. The van der Waals surface area contributed by atoms with E-state index in [4.69, 9.17) is 4.74 Å². The van der Waals surface area contributed by atoms with Gasteiger partial charge < -0.3 is 10.1 Å². The molecule has 2 aromatic heterocycles. The third-order valence-corrected chi connectivity index (χ3v) is 4.49. The molecule has 0 spiro atoms. The number of anilines is 1. The Kier molecular flexibility index (Phi) is 5.04. The summed E-state index contributed by atoms with van der Waals surface area (Å²) in [5, 5.41) is 9.78. The molecule has 1 fully saturated rings. The highest BCUT2D eigenvalue weighted by Gasteiger charge is 2.14. The number of nitrogens with one attached hydrogen (secondary N) is 1. The highest BCUT2D eigenvalue weighted by Crippen LogP contribution is 2.17. The van der Waals surface area contributed by atoms with E-state index in [2.05, 4.69) is 20.3 Å². The fraction of sp³-hybridized carbons (Fsp3) is 0.533. The van der Waals surface area contributed by atoms with E-state index < -0.39 is 0 Å². The van der Waals surface area contributed by atoms with Crippen LogP contribution in [0.2, 0.25) is 0 Å². The van der Waals surface area contributed by atoms with Crippen molar-refractivity contribution in [3.8, 4) is 0 Å². The number of nitrogens with zero attached hydrogens (tertiary/aromatic N) is 4. The van der Waals surface area contributed by atoms with Gasteiger partial charge in [0.1, 0.15) is 6.54 Å². The Balaban J connectivity index is 1.53. The van der Waals surface area contributed by atoms with E-state index in [1.54, 1.807) is 4.68 Å². The lowest BCUT2D eigenvalue weighted by Crippen LogP contribution is -2.35. The molecule has 0 aliphatic carbocycles. The molecule has 1 saturated heterocycles. The van der Waals surface area contributed by atoms with Crippen LogP contribution in [0.25, 0.3) is 0 Å². The van der Waals surface area contributed by atoms with E-state index in [0.29, 0.717) is 5.13 Å². The van der Waals surface area contributed by atoms with Gasteiger partial charge in [-0.3, -0.25) is 14.4 Å². The van der Waals surface area contributed by atoms with E-state index >= 15 is 0 Å². The van der Waals surface area contributed by atoms with Crippen molar-refractivity contribution in [1.82, 2.24) is 19.7 Å². The van der Waals surface area contributed by atoms with Crippen molar-refractivity contribution in [2.24, 2.45) is 0 Å². The third kappa shape index (κ3) is 4.37. The molecule has 124 valence electrons. The van der Waals surface area contributed by atoms with Crippen LogP contribution in [0.15, 0.2) is 11.4 Å². The van der Waals surface area contributed by atoms with Gasteiger partial charge in [0, 0.05) is 30.7 Å². The molecule has 0 saturated carbocycles. The van der Waals surface area contributed by atoms with Crippen LogP contribution < -0.4 is 5.32 Å². The number of hydrogen-bond donors (Lipinski definition) is 1. The predicted molar refractivity (Wildman–Crippen MR) is 88.5 cm³/mol. The zero-order valence-electron chi connectivity index (χ0n) is 13.4. The number of hydrogen-bond acceptors (Lipinski definition) is 6. The summed E-state index contributed by atoms with van der Waals surface area (Å²) in [6, 6.07) is 1.96. The second-order valence-electron chi connectivity index (χ2n) is 5.67. The summed E-state index contributed by atoms with van der Waals surface area (Å²) in [5.74, 6) is -0.108. The lowest BCUT2D eigenvalue weighted by Gasteiger charge is -2.25. The molecular weight excluding hydrogens is 314 g/mol. The van der Waals surface area contributed by atoms with Crippen molar-refractivity contribution in [2.45, 2.75) is 26.9 Å². The molecule has 3 heterocycles. The van der Waals surface area contributed by atoms with Gasteiger partial charge in [-0.05, 0) is 19.9 Å². The quantitative estimate of drug-likeness (QED) is 0.895. The van der Waals surface area contributed by atoms with Gasteiger partial charge in [-0.15, -0.1) is 11.3 Å². The van der Waals surface area contributed by atoms with Crippen molar-refractivity contribution < 1.29 is 9.53 Å². The number of aryl methyl sites for hydroxylation is 2. The molecule has 0 unspecified atom stereocenters. The molecule has 0 radical (unpaired) electrons. The Hall–Kier alpha value is -1.77. The van der Waals surface area contributed by atoms with Gasteiger partial charge in [-0.25, -0.2) is 4.98 Å². The molecular formula is C15H21N5O2S. The summed E-state index contributed by atoms with van der Waals surface area (Å²) in [7, 11) is 0. The van der Waals surface area contributed by atoms with Crippen molar-refractivity contribution in [3.63, 3.8) is 0 Å². The minimum Gasteiger partial charge on any atom is -0.379 e. The molecule has 0 aromatic carbocycles. The maximum absolute atomic E-state index is 12.1. The first-order valence-corrected chi connectivity index (χ1v) is 8.53. The molecule has 0 atom stereocenters. The highest BCUT2D eigenvalue weighted by atomic mass is 32.1. The van der Waals surface area contributed by atoms with Gasteiger partial charge in [0.2, 0.25) is 5.91 Å². The first kappa shape index (κ1) is 16.1.